The molecule has 0 unspecified atom stereocenters. The lowest BCUT2D eigenvalue weighted by Crippen LogP contribution is -2.40. The van der Waals surface area contributed by atoms with Crippen molar-refractivity contribution in [2.45, 2.75) is 43.0 Å². The number of aromatic nitrogens is 4. The number of nitro benzene ring substituents is 1. The number of fused-ring (bicyclic) bond motifs is 1. The molecule has 0 amide bonds. The van der Waals surface area contributed by atoms with Gasteiger partial charge in [0.2, 0.25) is 5.16 Å². The molecule has 0 spiro atoms. The average molecular weight is 772 g/mol. The van der Waals surface area contributed by atoms with E-state index in [4.69, 9.17) is 44.3 Å². The van der Waals surface area contributed by atoms with Crippen LogP contribution in [0.3, 0.4) is 0 Å². The molecule has 50 heavy (non-hydrogen) atoms. The van der Waals surface area contributed by atoms with Gasteiger partial charge in [-0.2, -0.15) is 0 Å². The first-order valence-electron chi connectivity index (χ1n) is 14.8. The molecule has 12 nitrogen and oxygen atoms in total. The third-order valence-corrected chi connectivity index (χ3v) is 10.1. The van der Waals surface area contributed by atoms with E-state index in [9.17, 15) is 19.7 Å². The lowest BCUT2D eigenvalue weighted by Gasteiger charge is -2.26. The summed E-state index contributed by atoms with van der Waals surface area (Å²) in [6.45, 7) is 5.11. The zero-order valence-electron chi connectivity index (χ0n) is 26.6. The number of nitrogens with zero attached hydrogens (tertiary/aromatic N) is 5. The molecule has 1 aliphatic heterocycles. The predicted molar refractivity (Wildman–Crippen MR) is 192 cm³/mol. The van der Waals surface area contributed by atoms with Gasteiger partial charge < -0.3 is 9.47 Å². The molecule has 0 aliphatic carbocycles. The minimum atomic E-state index is -0.976. The van der Waals surface area contributed by atoms with Crippen molar-refractivity contribution < 1.29 is 19.2 Å². The number of carbonyl (C=O) groups excluding carboxylic acids is 1. The Morgan fingerprint density at radius 1 is 1.12 bits per heavy atom. The van der Waals surface area contributed by atoms with Gasteiger partial charge in [0.15, 0.2) is 10.6 Å². The Hall–Kier alpha value is -4.47. The van der Waals surface area contributed by atoms with Crippen LogP contribution in [0.4, 0.5) is 5.69 Å². The summed E-state index contributed by atoms with van der Waals surface area (Å²) in [6.07, 6.45) is 1.11. The lowest BCUT2D eigenvalue weighted by atomic mass is 9.95. The van der Waals surface area contributed by atoms with Crippen molar-refractivity contribution in [3.05, 3.63) is 122 Å². The van der Waals surface area contributed by atoms with E-state index in [1.165, 1.54) is 23.8 Å². The summed E-state index contributed by atoms with van der Waals surface area (Å²) >= 11 is 20.7. The molecule has 3 aromatic carbocycles. The Morgan fingerprint density at radius 2 is 1.86 bits per heavy atom. The second-order valence-corrected chi connectivity index (χ2v) is 14.4. The number of nitrogens with one attached hydrogen (secondary N) is 1. The zero-order chi connectivity index (χ0) is 35.9. The predicted octanol–water partition coefficient (Wildman–Crippen LogP) is 7.00. The monoisotopic (exact) mass is 770 g/mol. The molecular weight excluding hydrogens is 747 g/mol. The van der Waals surface area contributed by atoms with Crippen molar-refractivity contribution in [2.75, 3.05) is 7.11 Å². The number of hydrogen-bond donors (Lipinski definition) is 1. The van der Waals surface area contributed by atoms with Gasteiger partial charge in [0.1, 0.15) is 11.8 Å². The Bertz CT molecular complexity index is 2400. The van der Waals surface area contributed by atoms with Crippen LogP contribution in [0.25, 0.3) is 17.5 Å². The number of carbonyl (C=O) groups is 1. The standard InChI is InChI=1S/C33H25Cl3N6O6S2/c1-15(2)48-31(44)27-16(3)37-33-41(28(27)21-13-18(34)7-9-24(21)47-4)30(43)26(50-33)12-17-5-10-25(23(11-17)42(45)46)49-32-38-29(39-40-32)20-8-6-19(35)14-22(20)36/h5-15,28H,1-4H3,(H,38,39,40)/b26-12-/t28-/m0/s1. The van der Waals surface area contributed by atoms with E-state index in [0.29, 0.717) is 53.8 Å². The lowest BCUT2D eigenvalue weighted by molar-refractivity contribution is -0.387. The Morgan fingerprint density at radius 3 is 2.56 bits per heavy atom. The first kappa shape index (κ1) is 35.4. The highest BCUT2D eigenvalue weighted by atomic mass is 35.5. The largest absolute Gasteiger partial charge is 0.496 e. The third-order valence-electron chi connectivity index (χ3n) is 7.40. The molecule has 5 aromatic rings. The molecule has 1 N–H and O–H groups in total. The number of benzene rings is 3. The normalized spacial score (nSPS) is 14.5. The van der Waals surface area contributed by atoms with Crippen LogP contribution in [-0.2, 0) is 9.53 Å². The quantitative estimate of drug-likeness (QED) is 0.0948. The maximum atomic E-state index is 14.1. The summed E-state index contributed by atoms with van der Waals surface area (Å²) in [6, 6.07) is 13.4. The molecule has 3 heterocycles. The van der Waals surface area contributed by atoms with Gasteiger partial charge in [-0.3, -0.25) is 24.6 Å². The summed E-state index contributed by atoms with van der Waals surface area (Å²) < 4.78 is 12.8. The van der Waals surface area contributed by atoms with Crippen LogP contribution in [0.2, 0.25) is 15.1 Å². The van der Waals surface area contributed by atoms with E-state index in [-0.39, 0.29) is 25.8 Å². The molecular formula is C33H25Cl3N6O6S2. The second-order valence-electron chi connectivity index (χ2n) is 11.1. The van der Waals surface area contributed by atoms with Crippen LogP contribution >= 0.6 is 57.9 Å². The maximum Gasteiger partial charge on any atom is 0.338 e. The van der Waals surface area contributed by atoms with Crippen molar-refractivity contribution in [1.82, 2.24) is 19.7 Å². The maximum absolute atomic E-state index is 14.1. The number of H-pyrrole nitrogens is 1. The van der Waals surface area contributed by atoms with E-state index in [2.05, 4.69) is 20.2 Å². The highest BCUT2D eigenvalue weighted by Crippen LogP contribution is 2.38. The highest BCUT2D eigenvalue weighted by Gasteiger charge is 2.35. The van der Waals surface area contributed by atoms with E-state index < -0.39 is 28.6 Å². The van der Waals surface area contributed by atoms with Gasteiger partial charge in [0.05, 0.1) is 43.9 Å². The number of ether oxygens (including phenoxy) is 2. The SMILES string of the molecule is COc1ccc(Cl)cc1[C@H]1C(C(=O)OC(C)C)=C(C)N=c2s/c(=C\c3ccc(Sc4n[nH]c(-c5ccc(Cl)cc5Cl)n4)c([N+](=O)[O-])c3)c(=O)n21. The first-order valence-corrected chi connectivity index (χ1v) is 17.5. The first-order chi connectivity index (χ1) is 23.8. The van der Waals surface area contributed by atoms with E-state index in [1.54, 1.807) is 69.3 Å². The van der Waals surface area contributed by atoms with Gasteiger partial charge >= 0.3 is 5.97 Å². The number of halogens is 3. The number of hydrogen-bond acceptors (Lipinski definition) is 11. The Kier molecular flexibility index (Phi) is 10.2. The molecule has 17 heteroatoms. The molecule has 0 radical (unpaired) electrons. The number of nitro groups is 1. The van der Waals surface area contributed by atoms with Crippen molar-refractivity contribution in [2.24, 2.45) is 4.99 Å². The van der Waals surface area contributed by atoms with E-state index in [0.717, 1.165) is 23.1 Å². The molecule has 1 aliphatic rings. The second kappa shape index (κ2) is 14.4. The van der Waals surface area contributed by atoms with Crippen molar-refractivity contribution in [3.63, 3.8) is 0 Å². The number of esters is 1. The van der Waals surface area contributed by atoms with Gasteiger partial charge in [-0.25, -0.2) is 14.8 Å². The van der Waals surface area contributed by atoms with Crippen LogP contribution in [0.5, 0.6) is 5.75 Å². The minimum absolute atomic E-state index is 0.156. The number of thiazole rings is 1. The fraction of sp³-hybridized carbons (Fsp3) is 0.182. The summed E-state index contributed by atoms with van der Waals surface area (Å²) in [5, 5.41) is 20.6. The van der Waals surface area contributed by atoms with Crippen LogP contribution < -0.4 is 19.6 Å². The number of aromatic amines is 1. The molecule has 0 bridgehead atoms. The average Bonchev–Trinajstić information content (AvgIpc) is 3.64. The van der Waals surface area contributed by atoms with Crippen LogP contribution in [0.1, 0.15) is 37.9 Å². The fourth-order valence-corrected chi connectivity index (χ4v) is 7.79. The van der Waals surface area contributed by atoms with Crippen LogP contribution in [-0.4, -0.2) is 43.9 Å². The minimum Gasteiger partial charge on any atom is -0.496 e. The summed E-state index contributed by atoms with van der Waals surface area (Å²) in [7, 11) is 1.48. The Labute approximate surface area is 307 Å². The Balaban J connectivity index is 1.41. The van der Waals surface area contributed by atoms with Crippen molar-refractivity contribution in [3.8, 4) is 17.1 Å². The van der Waals surface area contributed by atoms with Crippen LogP contribution in [0, 0.1) is 10.1 Å². The number of allylic oxidation sites excluding steroid dienone is 1. The molecule has 0 fully saturated rings. The fourth-order valence-electron chi connectivity index (χ4n) is 5.27. The molecule has 0 saturated carbocycles. The zero-order valence-corrected chi connectivity index (χ0v) is 30.5. The van der Waals surface area contributed by atoms with Gasteiger partial charge in [0, 0.05) is 27.2 Å². The molecule has 256 valence electrons. The molecule has 2 aromatic heterocycles. The topological polar surface area (TPSA) is 155 Å². The number of methoxy groups -OCH3 is 1. The third kappa shape index (κ3) is 7.07. The molecule has 0 saturated heterocycles. The molecule has 6 rings (SSSR count). The highest BCUT2D eigenvalue weighted by molar-refractivity contribution is 7.99. The van der Waals surface area contributed by atoms with Crippen molar-refractivity contribution in [1.29, 1.82) is 0 Å². The van der Waals surface area contributed by atoms with E-state index >= 15 is 0 Å². The number of rotatable bonds is 9. The van der Waals surface area contributed by atoms with Crippen molar-refractivity contribution >= 4 is 75.6 Å². The van der Waals surface area contributed by atoms with Gasteiger partial charge in [-0.05, 0) is 86.6 Å². The summed E-state index contributed by atoms with van der Waals surface area (Å²) in [5.41, 5.74) is 1.24. The van der Waals surface area contributed by atoms with E-state index in [1.807, 2.05) is 0 Å². The van der Waals surface area contributed by atoms with Crippen LogP contribution in [0.15, 0.2) is 85.7 Å². The smallest absolute Gasteiger partial charge is 0.338 e. The summed E-state index contributed by atoms with van der Waals surface area (Å²) in [5.74, 6) is 0.131. The molecule has 1 atom stereocenters. The van der Waals surface area contributed by atoms with Gasteiger partial charge in [-0.15, -0.1) is 5.10 Å². The summed E-state index contributed by atoms with van der Waals surface area (Å²) in [4.78, 5) is 48.9. The van der Waals surface area contributed by atoms with Gasteiger partial charge in [0.25, 0.3) is 11.2 Å². The van der Waals surface area contributed by atoms with Gasteiger partial charge in [-0.1, -0.05) is 52.2 Å².